The fourth-order valence-corrected chi connectivity index (χ4v) is 16.6. The van der Waals surface area contributed by atoms with Crippen molar-refractivity contribution in [2.24, 2.45) is 50.2 Å². The predicted molar refractivity (Wildman–Crippen MR) is 266 cm³/mol. The molecule has 17 N–H and O–H groups in total. The van der Waals surface area contributed by atoms with Crippen LogP contribution < -0.4 is 0 Å². The Morgan fingerprint density at radius 2 is 1.18 bits per heavy atom. The van der Waals surface area contributed by atoms with Crippen molar-refractivity contribution in [3.05, 3.63) is 11.6 Å². The zero-order valence-corrected chi connectivity index (χ0v) is 46.4. The van der Waals surface area contributed by atoms with Gasteiger partial charge in [0.05, 0.1) is 44.1 Å². The minimum absolute atomic E-state index is 0.0676. The monoisotopic (exact) mass is 1150 g/mol. The molecule has 4 heterocycles. The quantitative estimate of drug-likeness (QED) is 0.0382. The predicted octanol–water partition coefficient (Wildman–Crippen LogP) is -4.08. The number of fused-ring (bicyclic) bond motifs is 7. The first-order chi connectivity index (χ1) is 37.1. The molecule has 0 aromatic heterocycles. The molecule has 5 aliphatic carbocycles. The minimum atomic E-state index is -3.36. The summed E-state index contributed by atoms with van der Waals surface area (Å²) in [5.74, 6) is -10.7. The van der Waals surface area contributed by atoms with Crippen LogP contribution in [0.5, 0.6) is 0 Å². The molecule has 0 aromatic rings. The van der Waals surface area contributed by atoms with Crippen molar-refractivity contribution in [1.29, 1.82) is 0 Å². The lowest BCUT2D eigenvalue weighted by molar-refractivity contribution is -0.474. The first-order valence-corrected chi connectivity index (χ1v) is 28.2. The van der Waals surface area contributed by atoms with Crippen LogP contribution in [0.15, 0.2) is 11.6 Å². The molecule has 0 spiro atoms. The maximum Gasteiger partial charge on any atom is 0.357 e. The van der Waals surface area contributed by atoms with E-state index in [2.05, 4.69) is 40.7 Å². The van der Waals surface area contributed by atoms with E-state index >= 15 is 4.79 Å². The van der Waals surface area contributed by atoms with E-state index in [0.717, 1.165) is 5.57 Å². The fraction of sp³-hybridized carbons (Fsp3) is 0.944. The molecule has 26 nitrogen and oxygen atoms in total. The molecule has 4 saturated carbocycles. The first kappa shape index (κ1) is 62.8. The summed E-state index contributed by atoms with van der Waals surface area (Å²) in [7, 11) is 0. The fourth-order valence-electron chi connectivity index (χ4n) is 16.6. The van der Waals surface area contributed by atoms with Gasteiger partial charge in [-0.05, 0) is 111 Å². The van der Waals surface area contributed by atoms with Gasteiger partial charge in [0.25, 0.3) is 0 Å². The van der Waals surface area contributed by atoms with Crippen LogP contribution in [0.1, 0.15) is 113 Å². The highest BCUT2D eigenvalue weighted by atomic mass is 16.9. The van der Waals surface area contributed by atoms with Gasteiger partial charge in [-0.1, -0.05) is 53.2 Å². The normalized spacial score (nSPS) is 55.9. The van der Waals surface area contributed by atoms with E-state index in [9.17, 15) is 86.8 Å². The van der Waals surface area contributed by atoms with Crippen LogP contribution in [-0.4, -0.2) is 247 Å². The van der Waals surface area contributed by atoms with Gasteiger partial charge < -0.3 is 125 Å². The lowest BCUT2D eigenvalue weighted by Gasteiger charge is -2.72. The lowest BCUT2D eigenvalue weighted by atomic mass is 9.32. The third kappa shape index (κ3) is 9.68. The summed E-state index contributed by atoms with van der Waals surface area (Å²) in [5.41, 5.74) is -3.20. The Kier molecular flexibility index (Phi) is 16.9. The third-order valence-electron chi connectivity index (χ3n) is 21.8. The number of ether oxygens (including phenoxy) is 8. The zero-order valence-electron chi connectivity index (χ0n) is 46.4. The van der Waals surface area contributed by atoms with Gasteiger partial charge in [-0.15, -0.1) is 0 Å². The molecule has 460 valence electrons. The number of aliphatic hydroxyl groups excluding tert-OH is 14. The van der Waals surface area contributed by atoms with Crippen molar-refractivity contribution in [3.8, 4) is 0 Å². The Morgan fingerprint density at radius 1 is 0.588 bits per heavy atom. The summed E-state index contributed by atoms with van der Waals surface area (Å²) in [6, 6.07) is 0. The third-order valence-corrected chi connectivity index (χ3v) is 21.8. The van der Waals surface area contributed by atoms with Crippen LogP contribution in [0.2, 0.25) is 0 Å². The molecule has 9 rings (SSSR count). The highest BCUT2D eigenvalue weighted by Crippen LogP contribution is 2.77. The van der Waals surface area contributed by atoms with Crippen LogP contribution >= 0.6 is 0 Å². The van der Waals surface area contributed by atoms with Crippen molar-refractivity contribution < 1.29 is 130 Å². The van der Waals surface area contributed by atoms with E-state index in [0.29, 0.717) is 51.4 Å². The molecule has 0 aromatic carbocycles. The number of hydrogen-bond donors (Lipinski definition) is 17. The number of hydrogen-bond acceptors (Lipinski definition) is 26. The maximum absolute atomic E-state index is 15.2. The number of carbonyl (C=O) groups excluding carboxylic acids is 1. The van der Waals surface area contributed by atoms with E-state index in [1.54, 1.807) is 0 Å². The van der Waals surface area contributed by atoms with E-state index < -0.39 is 181 Å². The van der Waals surface area contributed by atoms with Crippen LogP contribution in [0.4, 0.5) is 0 Å². The highest BCUT2D eigenvalue weighted by Gasteiger charge is 2.72. The summed E-state index contributed by atoms with van der Waals surface area (Å²) in [4.78, 5) is 15.2. The van der Waals surface area contributed by atoms with Crippen LogP contribution in [0, 0.1) is 50.2 Å². The first-order valence-electron chi connectivity index (χ1n) is 28.2. The van der Waals surface area contributed by atoms with E-state index in [1.165, 1.54) is 6.92 Å². The van der Waals surface area contributed by atoms with E-state index in [4.69, 9.17) is 37.9 Å². The van der Waals surface area contributed by atoms with Crippen LogP contribution in [0.25, 0.3) is 0 Å². The van der Waals surface area contributed by atoms with Gasteiger partial charge in [0.2, 0.25) is 0 Å². The van der Waals surface area contributed by atoms with Gasteiger partial charge in [-0.2, -0.15) is 0 Å². The molecule has 29 unspecified atom stereocenters. The summed E-state index contributed by atoms with van der Waals surface area (Å²) in [6.07, 6.45) is -25.8. The minimum Gasteiger partial charge on any atom is -0.405 e. The van der Waals surface area contributed by atoms with Gasteiger partial charge in [0.15, 0.2) is 24.6 Å². The summed E-state index contributed by atoms with van der Waals surface area (Å²) in [6.45, 7) is 10.9. The average molecular weight is 1150 g/mol. The number of rotatable bonds is 12. The Bertz CT molecular complexity index is 2280. The van der Waals surface area contributed by atoms with Crippen molar-refractivity contribution >= 4 is 5.97 Å². The van der Waals surface area contributed by atoms with E-state index in [-0.39, 0.29) is 42.6 Å². The Hall–Kier alpha value is -1.75. The molecule has 0 radical (unpaired) electrons. The molecule has 4 aliphatic heterocycles. The summed E-state index contributed by atoms with van der Waals surface area (Å²) in [5, 5.41) is 185. The standard InChI is InChI=1S/C54H88O26/c1-23-32(58)35(61)38(64)44(74-23)75-40-27(20-56)77-52(70,43(68)39(40)65)73-21-28-34(60)37(63)42(67)54(72,78-28)80-45(69)51-16-14-46(2,3)18-25(51)24-8-9-30-47(4)12-11-31(79-53(71)41(66)36(62)33(59)26(19-55)76-53)48(5,22-57)29(47)10-13-50(30,7)49(24,6)15-17-51/h18,23-24,26-44,55-68,70-72H,8-17,19-22H2,1-7H3. The van der Waals surface area contributed by atoms with Gasteiger partial charge in [-0.3, -0.25) is 4.79 Å². The average Bonchev–Trinajstić information content (AvgIpc) is 3.51. The zero-order chi connectivity index (χ0) is 59.0. The second-order valence-corrected chi connectivity index (χ2v) is 26.6. The molecule has 0 amide bonds. The molecule has 80 heavy (non-hydrogen) atoms. The number of esters is 1. The van der Waals surface area contributed by atoms with Gasteiger partial charge in [0, 0.05) is 5.41 Å². The topological polar surface area (TPSA) is 435 Å². The molecular formula is C54H88O26. The van der Waals surface area contributed by atoms with Crippen molar-refractivity contribution in [2.45, 2.75) is 241 Å². The van der Waals surface area contributed by atoms with Gasteiger partial charge in [0.1, 0.15) is 73.2 Å². The van der Waals surface area contributed by atoms with Crippen molar-refractivity contribution in [2.75, 3.05) is 26.4 Å². The number of aliphatic hydroxyl groups is 17. The summed E-state index contributed by atoms with van der Waals surface area (Å²) >= 11 is 0. The van der Waals surface area contributed by atoms with Crippen LogP contribution in [-0.2, 0) is 42.7 Å². The SMILES string of the molecule is CC1OC(OC2C(CO)OC(O)(OCC3OC(O)(OC(=O)C45CCC(C)(C)C=C4C4CCC6C7(C)CCC(OC8(O)OC(CO)C(O)C(O)C8O)C(C)(CO)C7CCC6(C)C4(C)CC5)C(O)C(O)C3O)C(O)C2O)C(O)C(O)C1O. The van der Waals surface area contributed by atoms with Gasteiger partial charge in [-0.25, -0.2) is 0 Å². The Labute approximate surface area is 463 Å². The maximum atomic E-state index is 15.2. The van der Waals surface area contributed by atoms with Crippen LogP contribution in [0.3, 0.4) is 0 Å². The smallest absolute Gasteiger partial charge is 0.357 e. The summed E-state index contributed by atoms with van der Waals surface area (Å²) < 4.78 is 45.1. The molecule has 0 bridgehead atoms. The number of carbonyl (C=O) groups is 1. The Morgan fingerprint density at radius 3 is 1.81 bits per heavy atom. The lowest BCUT2D eigenvalue weighted by Crippen LogP contribution is -2.70. The highest BCUT2D eigenvalue weighted by molar-refractivity contribution is 5.82. The second-order valence-electron chi connectivity index (χ2n) is 26.6. The number of allylic oxidation sites excluding steroid dienone is 1. The molecule has 9 aliphatic rings. The molecule has 4 saturated heterocycles. The van der Waals surface area contributed by atoms with Crippen molar-refractivity contribution in [1.82, 2.24) is 0 Å². The molecule has 29 atom stereocenters. The molecule has 8 fully saturated rings. The van der Waals surface area contributed by atoms with Crippen molar-refractivity contribution in [3.63, 3.8) is 0 Å². The van der Waals surface area contributed by atoms with E-state index in [1.807, 2.05) is 6.92 Å². The second kappa shape index (κ2) is 21.6. The molecule has 26 heteroatoms. The Balaban J connectivity index is 0.916. The molecular weight excluding hydrogens is 1060 g/mol. The largest absolute Gasteiger partial charge is 0.405 e. The van der Waals surface area contributed by atoms with Gasteiger partial charge >= 0.3 is 23.9 Å².